The second-order valence-electron chi connectivity index (χ2n) is 3.92. The third kappa shape index (κ3) is 4.17. The molecule has 0 bridgehead atoms. The van der Waals surface area contributed by atoms with E-state index in [0.717, 1.165) is 22.2 Å². The number of hydrogen-bond acceptors (Lipinski definition) is 3. The maximum Gasteiger partial charge on any atom is 0.252 e. The van der Waals surface area contributed by atoms with Crippen molar-refractivity contribution >= 4 is 40.1 Å². The molecule has 1 amide bonds. The average Bonchev–Trinajstić information content (AvgIpc) is 2.90. The minimum atomic E-state index is -0.107. The molecule has 2 N–H and O–H groups in total. The summed E-state index contributed by atoms with van der Waals surface area (Å²) >= 11 is 8.01. The highest BCUT2D eigenvalue weighted by Crippen LogP contribution is 2.17. The molecule has 0 saturated heterocycles. The first kappa shape index (κ1) is 14.3. The second-order valence-corrected chi connectivity index (χ2v) is 5.51. The smallest absolute Gasteiger partial charge is 0.252 e. The number of nitrogens with zero attached hydrogens (tertiary/aromatic N) is 2. The number of hydrogen-bond donors (Lipinski definition) is 2. The maximum absolute atomic E-state index is 12.0. The molecule has 0 aliphatic rings. The van der Waals surface area contributed by atoms with Crippen LogP contribution in [0.25, 0.3) is 0 Å². The molecule has 2 rings (SSSR count). The normalized spacial score (nSPS) is 10.4. The van der Waals surface area contributed by atoms with Crippen LogP contribution in [0.3, 0.4) is 0 Å². The van der Waals surface area contributed by atoms with Gasteiger partial charge in [0.1, 0.15) is 12.2 Å². The van der Waals surface area contributed by atoms with Gasteiger partial charge in [-0.3, -0.25) is 9.89 Å². The Labute approximate surface area is 129 Å². The van der Waals surface area contributed by atoms with E-state index in [-0.39, 0.29) is 5.91 Å². The fourth-order valence-corrected chi connectivity index (χ4v) is 2.33. The average molecular weight is 391 g/mol. The lowest BCUT2D eigenvalue weighted by molar-refractivity contribution is 0.0952. The molecule has 1 aromatic heterocycles. The van der Waals surface area contributed by atoms with E-state index in [4.69, 9.17) is 11.6 Å². The number of benzene rings is 1. The molecule has 100 valence electrons. The molecule has 0 unspecified atom stereocenters. The quantitative estimate of drug-likeness (QED) is 0.608. The summed E-state index contributed by atoms with van der Waals surface area (Å²) in [5.74, 6) is 0.719. The topological polar surface area (TPSA) is 70.7 Å². The van der Waals surface area contributed by atoms with Crippen LogP contribution in [0.2, 0.25) is 5.02 Å². The van der Waals surface area contributed by atoms with E-state index in [1.165, 1.54) is 6.33 Å². The number of carbonyl (C=O) groups is 1. The summed E-state index contributed by atoms with van der Waals surface area (Å²) < 4.78 is 0.884. The van der Waals surface area contributed by atoms with Crippen LogP contribution in [-0.2, 0) is 6.42 Å². The monoisotopic (exact) mass is 390 g/mol. The predicted molar refractivity (Wildman–Crippen MR) is 81.2 cm³/mol. The number of aromatic nitrogens is 3. The predicted octanol–water partition coefficient (Wildman–Crippen LogP) is 2.43. The van der Waals surface area contributed by atoms with E-state index in [2.05, 4.69) is 43.1 Å². The van der Waals surface area contributed by atoms with Crippen LogP contribution in [0.4, 0.5) is 0 Å². The molecular formula is C12H12ClIN4O. The van der Waals surface area contributed by atoms with Crippen molar-refractivity contribution in [2.75, 3.05) is 6.54 Å². The maximum atomic E-state index is 12.0. The summed E-state index contributed by atoms with van der Waals surface area (Å²) in [7, 11) is 0. The summed E-state index contributed by atoms with van der Waals surface area (Å²) in [6.07, 6.45) is 3.03. The van der Waals surface area contributed by atoms with Crippen LogP contribution in [0.5, 0.6) is 0 Å². The van der Waals surface area contributed by atoms with E-state index < -0.39 is 0 Å². The Morgan fingerprint density at radius 3 is 3.05 bits per heavy atom. The molecular weight excluding hydrogens is 379 g/mol. The number of carbonyl (C=O) groups excluding carboxylic acids is 1. The first-order valence-electron chi connectivity index (χ1n) is 5.74. The van der Waals surface area contributed by atoms with Gasteiger partial charge in [0.15, 0.2) is 0 Å². The zero-order chi connectivity index (χ0) is 13.7. The first-order valence-corrected chi connectivity index (χ1v) is 7.20. The molecule has 0 fully saturated rings. The summed E-state index contributed by atoms with van der Waals surface area (Å²) in [6, 6.07) is 5.27. The number of halogens is 2. The van der Waals surface area contributed by atoms with Crippen LogP contribution in [0.1, 0.15) is 22.6 Å². The van der Waals surface area contributed by atoms with Crippen LogP contribution < -0.4 is 5.32 Å². The molecule has 0 spiro atoms. The van der Waals surface area contributed by atoms with E-state index in [0.29, 0.717) is 17.1 Å². The van der Waals surface area contributed by atoms with Gasteiger partial charge in [0, 0.05) is 21.6 Å². The molecule has 1 aromatic carbocycles. The largest absolute Gasteiger partial charge is 0.352 e. The molecule has 5 nitrogen and oxygen atoms in total. The van der Waals surface area contributed by atoms with Crippen LogP contribution in [0, 0.1) is 3.57 Å². The SMILES string of the molecule is O=C(NCCCc1ncn[nH]1)c1cc(Cl)ccc1I. The minimum Gasteiger partial charge on any atom is -0.352 e. The third-order valence-corrected chi connectivity index (χ3v) is 3.69. The first-order chi connectivity index (χ1) is 9.16. The molecule has 0 saturated carbocycles. The lowest BCUT2D eigenvalue weighted by atomic mass is 10.2. The summed E-state index contributed by atoms with van der Waals surface area (Å²) in [5.41, 5.74) is 0.604. The molecule has 7 heteroatoms. The summed E-state index contributed by atoms with van der Waals surface area (Å²) in [4.78, 5) is 16.0. The lowest BCUT2D eigenvalue weighted by Gasteiger charge is -2.06. The third-order valence-electron chi connectivity index (χ3n) is 2.51. The fourth-order valence-electron chi connectivity index (χ4n) is 1.58. The Bertz CT molecular complexity index is 559. The Kier molecular flexibility index (Phi) is 5.15. The number of rotatable bonds is 5. The van der Waals surface area contributed by atoms with Crippen molar-refractivity contribution in [3.8, 4) is 0 Å². The van der Waals surface area contributed by atoms with Crippen molar-refractivity contribution in [2.24, 2.45) is 0 Å². The number of H-pyrrole nitrogens is 1. The molecule has 19 heavy (non-hydrogen) atoms. The highest BCUT2D eigenvalue weighted by Gasteiger charge is 2.09. The summed E-state index contributed by atoms with van der Waals surface area (Å²) in [5, 5.41) is 9.97. The van der Waals surface area contributed by atoms with E-state index in [1.807, 2.05) is 6.07 Å². The molecule has 1 heterocycles. The van der Waals surface area contributed by atoms with E-state index in [1.54, 1.807) is 12.1 Å². The van der Waals surface area contributed by atoms with E-state index >= 15 is 0 Å². The standard InChI is InChI=1S/C12H12ClIN4O/c13-8-3-4-10(14)9(6-8)12(19)15-5-1-2-11-16-7-17-18-11/h3-4,6-7H,1-2,5H2,(H,15,19)(H,16,17,18). The van der Waals surface area contributed by atoms with Crippen molar-refractivity contribution in [1.29, 1.82) is 0 Å². The highest BCUT2D eigenvalue weighted by atomic mass is 127. The Balaban J connectivity index is 1.82. The number of amides is 1. The lowest BCUT2D eigenvalue weighted by Crippen LogP contribution is -2.25. The van der Waals surface area contributed by atoms with Gasteiger partial charge in [-0.2, -0.15) is 5.10 Å². The molecule has 2 aromatic rings. The van der Waals surface area contributed by atoms with Crippen LogP contribution in [-0.4, -0.2) is 27.6 Å². The molecule has 0 aliphatic carbocycles. The number of nitrogens with one attached hydrogen (secondary N) is 2. The highest BCUT2D eigenvalue weighted by molar-refractivity contribution is 14.1. The Morgan fingerprint density at radius 2 is 2.32 bits per heavy atom. The van der Waals surface area contributed by atoms with Gasteiger partial charge >= 0.3 is 0 Å². The molecule has 0 aliphatic heterocycles. The van der Waals surface area contributed by atoms with Crippen LogP contribution >= 0.6 is 34.2 Å². The Morgan fingerprint density at radius 1 is 1.47 bits per heavy atom. The van der Waals surface area contributed by atoms with Gasteiger partial charge < -0.3 is 5.32 Å². The Hall–Kier alpha value is -1.15. The number of aryl methyl sites for hydroxylation is 1. The zero-order valence-corrected chi connectivity index (χ0v) is 12.9. The van der Waals surface area contributed by atoms with Gasteiger partial charge in [0.05, 0.1) is 5.56 Å². The second kappa shape index (κ2) is 6.85. The van der Waals surface area contributed by atoms with Crippen molar-refractivity contribution in [1.82, 2.24) is 20.5 Å². The minimum absolute atomic E-state index is 0.107. The van der Waals surface area contributed by atoms with Gasteiger partial charge in [-0.05, 0) is 47.2 Å². The molecule has 0 radical (unpaired) electrons. The van der Waals surface area contributed by atoms with Crippen LogP contribution in [0.15, 0.2) is 24.5 Å². The van der Waals surface area contributed by atoms with Crippen molar-refractivity contribution in [3.63, 3.8) is 0 Å². The van der Waals surface area contributed by atoms with Gasteiger partial charge in [-0.25, -0.2) is 4.98 Å². The van der Waals surface area contributed by atoms with Gasteiger partial charge in [0.2, 0.25) is 0 Å². The summed E-state index contributed by atoms with van der Waals surface area (Å²) in [6.45, 7) is 0.585. The van der Waals surface area contributed by atoms with Gasteiger partial charge in [-0.15, -0.1) is 0 Å². The van der Waals surface area contributed by atoms with E-state index in [9.17, 15) is 4.79 Å². The van der Waals surface area contributed by atoms with Crippen molar-refractivity contribution in [3.05, 3.63) is 44.5 Å². The van der Waals surface area contributed by atoms with Gasteiger partial charge in [-0.1, -0.05) is 11.6 Å². The fraction of sp³-hybridized carbons (Fsp3) is 0.250. The van der Waals surface area contributed by atoms with Gasteiger partial charge in [0.25, 0.3) is 5.91 Å². The number of aromatic amines is 1. The zero-order valence-electron chi connectivity index (χ0n) is 9.99. The van der Waals surface area contributed by atoms with Crippen molar-refractivity contribution in [2.45, 2.75) is 12.8 Å². The molecule has 0 atom stereocenters. The van der Waals surface area contributed by atoms with Crippen molar-refractivity contribution < 1.29 is 4.79 Å².